The van der Waals surface area contributed by atoms with Gasteiger partial charge in [0.15, 0.2) is 0 Å². The Morgan fingerprint density at radius 3 is 2.41 bits per heavy atom. The Hall–Kier alpha value is -3.34. The van der Waals surface area contributed by atoms with Crippen LogP contribution in [0.4, 0.5) is 0 Å². The van der Waals surface area contributed by atoms with Gasteiger partial charge < -0.3 is 14.8 Å². The summed E-state index contributed by atoms with van der Waals surface area (Å²) in [6.07, 6.45) is 1.14. The van der Waals surface area contributed by atoms with Crippen LogP contribution >= 0.6 is 0 Å². The maximum Gasteiger partial charge on any atom is 0.308 e. The topological polar surface area (TPSA) is 64.6 Å². The molecule has 0 spiro atoms. The van der Waals surface area contributed by atoms with E-state index in [4.69, 9.17) is 9.47 Å². The summed E-state index contributed by atoms with van der Waals surface area (Å²) >= 11 is 0. The fourth-order valence-electron chi connectivity index (χ4n) is 3.49. The minimum Gasteiger partial charge on any atom is -0.496 e. The standard InChI is InChI=1S/C24H25NO4/c1-4-9-22(27)25-24(19-12-7-8-13-20(19)28-3)23-18-11-6-5-10-17(18)14-15-21(23)29-16(2)26/h5-8,10-15,24H,4,9H2,1-3H3,(H,25,27)/t24-/m0/s1. The van der Waals surface area contributed by atoms with Gasteiger partial charge in [0.1, 0.15) is 11.5 Å². The predicted molar refractivity (Wildman–Crippen MR) is 113 cm³/mol. The number of methoxy groups -OCH3 is 1. The number of rotatable bonds is 7. The predicted octanol–water partition coefficient (Wildman–Crippen LogP) is 4.78. The van der Waals surface area contributed by atoms with Gasteiger partial charge in [0, 0.05) is 24.5 Å². The van der Waals surface area contributed by atoms with Crippen LogP contribution in [0.1, 0.15) is 43.9 Å². The summed E-state index contributed by atoms with van der Waals surface area (Å²) in [5, 5.41) is 5.01. The third-order valence-electron chi connectivity index (χ3n) is 4.71. The average molecular weight is 391 g/mol. The highest BCUT2D eigenvalue weighted by Crippen LogP contribution is 2.39. The van der Waals surface area contributed by atoms with Gasteiger partial charge in [-0.3, -0.25) is 9.59 Å². The van der Waals surface area contributed by atoms with E-state index in [1.165, 1.54) is 6.92 Å². The summed E-state index contributed by atoms with van der Waals surface area (Å²) in [5.41, 5.74) is 1.52. The first-order chi connectivity index (χ1) is 14.0. The fraction of sp³-hybridized carbons (Fsp3) is 0.250. The number of carbonyl (C=O) groups is 2. The first-order valence-corrected chi connectivity index (χ1v) is 9.67. The minimum absolute atomic E-state index is 0.0786. The molecule has 0 fully saturated rings. The molecular formula is C24H25NO4. The highest BCUT2D eigenvalue weighted by atomic mass is 16.5. The smallest absolute Gasteiger partial charge is 0.308 e. The van der Waals surface area contributed by atoms with Crippen molar-refractivity contribution in [2.45, 2.75) is 32.7 Å². The van der Waals surface area contributed by atoms with E-state index >= 15 is 0 Å². The van der Waals surface area contributed by atoms with Crippen LogP contribution in [-0.2, 0) is 9.59 Å². The molecule has 0 aliphatic carbocycles. The normalized spacial score (nSPS) is 11.7. The van der Waals surface area contributed by atoms with Gasteiger partial charge in [-0.25, -0.2) is 0 Å². The van der Waals surface area contributed by atoms with Gasteiger partial charge in [0.05, 0.1) is 13.2 Å². The molecule has 0 aliphatic heterocycles. The van der Waals surface area contributed by atoms with E-state index < -0.39 is 12.0 Å². The zero-order valence-electron chi connectivity index (χ0n) is 16.9. The Labute approximate surface area is 170 Å². The minimum atomic E-state index is -0.536. The maximum atomic E-state index is 12.6. The van der Waals surface area contributed by atoms with Crippen molar-refractivity contribution in [1.82, 2.24) is 5.32 Å². The molecule has 150 valence electrons. The summed E-state index contributed by atoms with van der Waals surface area (Å²) in [6.45, 7) is 3.33. The van der Waals surface area contributed by atoms with E-state index in [0.29, 0.717) is 17.9 Å². The van der Waals surface area contributed by atoms with Crippen LogP contribution in [0.25, 0.3) is 10.8 Å². The molecule has 3 rings (SSSR count). The lowest BCUT2D eigenvalue weighted by atomic mass is 9.92. The Morgan fingerprint density at radius 2 is 1.69 bits per heavy atom. The number of nitrogens with one attached hydrogen (secondary N) is 1. The molecule has 0 aromatic heterocycles. The molecule has 0 heterocycles. The average Bonchev–Trinajstić information content (AvgIpc) is 2.72. The number of ether oxygens (including phenoxy) is 2. The van der Waals surface area contributed by atoms with Gasteiger partial charge in [-0.15, -0.1) is 0 Å². The highest BCUT2D eigenvalue weighted by molar-refractivity contribution is 5.90. The number of hydrogen-bond donors (Lipinski definition) is 1. The van der Waals surface area contributed by atoms with Crippen LogP contribution < -0.4 is 14.8 Å². The molecule has 1 amide bonds. The molecular weight excluding hydrogens is 366 g/mol. The third-order valence-corrected chi connectivity index (χ3v) is 4.71. The first-order valence-electron chi connectivity index (χ1n) is 9.67. The monoisotopic (exact) mass is 391 g/mol. The zero-order valence-corrected chi connectivity index (χ0v) is 16.9. The van der Waals surface area contributed by atoms with E-state index in [1.807, 2.05) is 61.5 Å². The second kappa shape index (κ2) is 9.24. The van der Waals surface area contributed by atoms with E-state index in [9.17, 15) is 9.59 Å². The van der Waals surface area contributed by atoms with Crippen molar-refractivity contribution in [3.8, 4) is 11.5 Å². The lowest BCUT2D eigenvalue weighted by Gasteiger charge is -2.25. The molecule has 0 bridgehead atoms. The summed E-state index contributed by atoms with van der Waals surface area (Å²) < 4.78 is 11.1. The molecule has 0 radical (unpaired) electrons. The largest absolute Gasteiger partial charge is 0.496 e. The van der Waals surface area contributed by atoms with Crippen molar-refractivity contribution < 1.29 is 19.1 Å². The molecule has 0 unspecified atom stereocenters. The molecule has 0 saturated heterocycles. The van der Waals surface area contributed by atoms with Crippen LogP contribution in [-0.4, -0.2) is 19.0 Å². The van der Waals surface area contributed by atoms with Gasteiger partial charge in [-0.2, -0.15) is 0 Å². The van der Waals surface area contributed by atoms with Crippen molar-refractivity contribution in [1.29, 1.82) is 0 Å². The number of hydrogen-bond acceptors (Lipinski definition) is 4. The molecule has 5 nitrogen and oxygen atoms in total. The first kappa shape index (κ1) is 20.4. The highest BCUT2D eigenvalue weighted by Gasteiger charge is 2.26. The van der Waals surface area contributed by atoms with E-state index in [2.05, 4.69) is 5.32 Å². The number of amides is 1. The number of carbonyl (C=O) groups excluding carboxylic acids is 2. The summed E-state index contributed by atoms with van der Waals surface area (Å²) in [7, 11) is 1.60. The van der Waals surface area contributed by atoms with Crippen molar-refractivity contribution >= 4 is 22.6 Å². The van der Waals surface area contributed by atoms with Crippen molar-refractivity contribution in [2.75, 3.05) is 7.11 Å². The number of esters is 1. The Balaban J connectivity index is 2.27. The Kier molecular flexibility index (Phi) is 6.50. The second-order valence-corrected chi connectivity index (χ2v) is 6.78. The van der Waals surface area contributed by atoms with Gasteiger partial charge in [-0.05, 0) is 29.3 Å². The lowest BCUT2D eigenvalue weighted by Crippen LogP contribution is -2.30. The maximum absolute atomic E-state index is 12.6. The number of benzene rings is 3. The molecule has 29 heavy (non-hydrogen) atoms. The van der Waals surface area contributed by atoms with Crippen molar-refractivity contribution in [3.05, 3.63) is 71.8 Å². The number of fused-ring (bicyclic) bond motifs is 1. The third kappa shape index (κ3) is 4.57. The molecule has 0 aliphatic rings. The fourth-order valence-corrected chi connectivity index (χ4v) is 3.49. The molecule has 1 N–H and O–H groups in total. The van der Waals surface area contributed by atoms with Crippen molar-refractivity contribution in [2.24, 2.45) is 0 Å². The second-order valence-electron chi connectivity index (χ2n) is 6.78. The summed E-state index contributed by atoms with van der Waals surface area (Å²) in [5.74, 6) is 0.574. The Bertz CT molecular complexity index is 1030. The van der Waals surface area contributed by atoms with Crippen LogP contribution in [0.3, 0.4) is 0 Å². The molecule has 1 atom stereocenters. The molecule has 3 aromatic carbocycles. The van der Waals surface area contributed by atoms with E-state index in [1.54, 1.807) is 13.2 Å². The molecule has 0 saturated carbocycles. The summed E-state index contributed by atoms with van der Waals surface area (Å²) in [6, 6.07) is 18.5. The SMILES string of the molecule is CCCC(=O)N[C@@H](c1ccccc1OC)c1c(OC(C)=O)ccc2ccccc12. The van der Waals surface area contributed by atoms with Gasteiger partial charge in [0.25, 0.3) is 0 Å². The molecule has 5 heteroatoms. The quantitative estimate of drug-likeness (QED) is 0.465. The van der Waals surface area contributed by atoms with Gasteiger partial charge in [-0.1, -0.05) is 55.5 Å². The van der Waals surface area contributed by atoms with Gasteiger partial charge >= 0.3 is 5.97 Å². The van der Waals surface area contributed by atoms with Gasteiger partial charge in [0.2, 0.25) is 5.91 Å². The van der Waals surface area contributed by atoms with Crippen LogP contribution in [0.15, 0.2) is 60.7 Å². The lowest BCUT2D eigenvalue weighted by molar-refractivity contribution is -0.131. The molecule has 3 aromatic rings. The van der Waals surface area contributed by atoms with Crippen LogP contribution in [0, 0.1) is 0 Å². The number of para-hydroxylation sites is 1. The van der Waals surface area contributed by atoms with E-state index in [0.717, 1.165) is 28.3 Å². The van der Waals surface area contributed by atoms with E-state index in [-0.39, 0.29) is 5.91 Å². The van der Waals surface area contributed by atoms with Crippen LogP contribution in [0.5, 0.6) is 11.5 Å². The Morgan fingerprint density at radius 1 is 0.966 bits per heavy atom. The van der Waals surface area contributed by atoms with Crippen molar-refractivity contribution in [3.63, 3.8) is 0 Å². The van der Waals surface area contributed by atoms with Crippen LogP contribution in [0.2, 0.25) is 0 Å². The zero-order chi connectivity index (χ0) is 20.8. The summed E-state index contributed by atoms with van der Waals surface area (Å²) in [4.78, 5) is 24.4.